The molecule has 2 heteroatoms. The number of benzene rings is 4. The van der Waals surface area contributed by atoms with Gasteiger partial charge in [0.2, 0.25) is 0 Å². The van der Waals surface area contributed by atoms with Gasteiger partial charge in [0.05, 0.1) is 0 Å². The molecule has 1 N–H and O–H groups in total. The summed E-state index contributed by atoms with van der Waals surface area (Å²) in [6.45, 7) is 20.3. The molecule has 0 aliphatic rings. The van der Waals surface area contributed by atoms with Crippen LogP contribution in [0.1, 0.15) is 79.0 Å². The first-order valence-corrected chi connectivity index (χ1v) is 13.7. The van der Waals surface area contributed by atoms with E-state index >= 15 is 0 Å². The first-order chi connectivity index (χ1) is 17.7. The summed E-state index contributed by atoms with van der Waals surface area (Å²) in [6.07, 6.45) is 0. The van der Waals surface area contributed by atoms with Crippen LogP contribution in [0.2, 0.25) is 0 Å². The van der Waals surface area contributed by atoms with Crippen molar-refractivity contribution in [2.24, 2.45) is 0 Å². The maximum atomic E-state index is 3.61. The SMILES string of the molecule is CC(C)(C)c1ccc(Nc2cccc(N(c3ccc(C(C)(C)C)cc3)c3ccc(C(C)(C)C)cc3)c2)cc1. The highest BCUT2D eigenvalue weighted by molar-refractivity contribution is 5.79. The molecule has 0 saturated carbocycles. The molecule has 0 radical (unpaired) electrons. The molecule has 0 atom stereocenters. The summed E-state index contributed by atoms with van der Waals surface area (Å²) in [5.41, 5.74) is 9.93. The fraction of sp³-hybridized carbons (Fsp3) is 0.333. The Morgan fingerprint density at radius 3 is 1.21 bits per heavy atom. The van der Waals surface area contributed by atoms with Gasteiger partial charge in [-0.15, -0.1) is 0 Å². The van der Waals surface area contributed by atoms with Crippen LogP contribution in [0.5, 0.6) is 0 Å². The molecular weight excluding hydrogens is 460 g/mol. The van der Waals surface area contributed by atoms with Crippen molar-refractivity contribution < 1.29 is 0 Å². The van der Waals surface area contributed by atoms with Gasteiger partial charge in [-0.2, -0.15) is 0 Å². The van der Waals surface area contributed by atoms with Crippen LogP contribution in [0.3, 0.4) is 0 Å². The van der Waals surface area contributed by atoms with Gasteiger partial charge in [-0.3, -0.25) is 0 Å². The Morgan fingerprint density at radius 2 is 0.816 bits per heavy atom. The van der Waals surface area contributed by atoms with Gasteiger partial charge < -0.3 is 10.2 Å². The van der Waals surface area contributed by atoms with Crippen LogP contribution in [-0.4, -0.2) is 0 Å². The van der Waals surface area contributed by atoms with E-state index < -0.39 is 0 Å². The molecular formula is C36H44N2. The maximum Gasteiger partial charge on any atom is 0.0482 e. The molecule has 0 aromatic heterocycles. The molecule has 2 nitrogen and oxygen atoms in total. The third-order valence-corrected chi connectivity index (χ3v) is 7.13. The fourth-order valence-corrected chi connectivity index (χ4v) is 4.61. The van der Waals surface area contributed by atoms with Crippen molar-refractivity contribution in [3.8, 4) is 0 Å². The van der Waals surface area contributed by atoms with Gasteiger partial charge in [-0.25, -0.2) is 0 Å². The zero-order chi connectivity index (χ0) is 27.7. The number of rotatable bonds is 5. The van der Waals surface area contributed by atoms with Crippen LogP contribution >= 0.6 is 0 Å². The van der Waals surface area contributed by atoms with E-state index in [0.717, 1.165) is 28.4 Å². The molecule has 0 unspecified atom stereocenters. The van der Waals surface area contributed by atoms with E-state index in [-0.39, 0.29) is 16.2 Å². The van der Waals surface area contributed by atoms with Gasteiger partial charge in [0.1, 0.15) is 0 Å². The third kappa shape index (κ3) is 6.48. The minimum absolute atomic E-state index is 0.115. The number of anilines is 5. The molecule has 0 saturated heterocycles. The van der Waals surface area contributed by atoms with Crippen LogP contribution < -0.4 is 10.2 Å². The van der Waals surface area contributed by atoms with Crippen molar-refractivity contribution in [2.75, 3.05) is 10.2 Å². The second kappa shape index (κ2) is 10.3. The Hall–Kier alpha value is -3.52. The van der Waals surface area contributed by atoms with Gasteiger partial charge in [0.25, 0.3) is 0 Å². The third-order valence-electron chi connectivity index (χ3n) is 7.13. The lowest BCUT2D eigenvalue weighted by atomic mass is 9.86. The van der Waals surface area contributed by atoms with E-state index in [1.165, 1.54) is 16.7 Å². The van der Waals surface area contributed by atoms with Gasteiger partial charge in [0, 0.05) is 28.4 Å². The molecule has 198 valence electrons. The topological polar surface area (TPSA) is 15.3 Å². The molecule has 0 aliphatic carbocycles. The predicted octanol–water partition coefficient (Wildman–Crippen LogP) is 10.8. The Bertz CT molecular complexity index is 1280. The van der Waals surface area contributed by atoms with E-state index in [4.69, 9.17) is 0 Å². The zero-order valence-electron chi connectivity index (χ0n) is 24.7. The number of nitrogens with one attached hydrogen (secondary N) is 1. The number of nitrogens with zero attached hydrogens (tertiary/aromatic N) is 1. The summed E-state index contributed by atoms with van der Waals surface area (Å²) < 4.78 is 0. The van der Waals surface area contributed by atoms with Gasteiger partial charge in [0.15, 0.2) is 0 Å². The predicted molar refractivity (Wildman–Crippen MR) is 167 cm³/mol. The van der Waals surface area contributed by atoms with E-state index in [1.807, 2.05) is 0 Å². The summed E-state index contributed by atoms with van der Waals surface area (Å²) in [6, 6.07) is 35.4. The minimum atomic E-state index is 0.115. The lowest BCUT2D eigenvalue weighted by Crippen LogP contribution is -2.14. The van der Waals surface area contributed by atoms with Crippen LogP contribution in [-0.2, 0) is 16.2 Å². The second-order valence-corrected chi connectivity index (χ2v) is 13.4. The number of hydrogen-bond donors (Lipinski definition) is 1. The normalized spacial score (nSPS) is 12.3. The molecule has 0 heterocycles. The van der Waals surface area contributed by atoms with Crippen LogP contribution in [0.25, 0.3) is 0 Å². The molecule has 4 aromatic carbocycles. The van der Waals surface area contributed by atoms with E-state index in [9.17, 15) is 0 Å². The lowest BCUT2D eigenvalue weighted by Gasteiger charge is -2.28. The highest BCUT2D eigenvalue weighted by Crippen LogP contribution is 2.38. The van der Waals surface area contributed by atoms with Gasteiger partial charge in [-0.05, 0) is 87.5 Å². The standard InChI is InChI=1S/C36H44N2/c1-34(2,3)26-13-19-29(20-14-26)37-30-11-10-12-33(25-30)38(31-21-15-27(16-22-31)35(4,5)6)32-23-17-28(18-24-32)36(7,8)9/h10-25,37H,1-9H3. The molecule has 0 amide bonds. The molecule has 0 spiro atoms. The Morgan fingerprint density at radius 1 is 0.421 bits per heavy atom. The highest BCUT2D eigenvalue weighted by atomic mass is 15.1. The first-order valence-electron chi connectivity index (χ1n) is 13.7. The molecule has 0 fully saturated rings. The minimum Gasteiger partial charge on any atom is -0.355 e. The van der Waals surface area contributed by atoms with Crippen molar-refractivity contribution in [2.45, 2.75) is 78.6 Å². The van der Waals surface area contributed by atoms with Crippen molar-refractivity contribution in [3.05, 3.63) is 114 Å². The van der Waals surface area contributed by atoms with Crippen LogP contribution in [0.15, 0.2) is 97.1 Å². The smallest absolute Gasteiger partial charge is 0.0482 e. The summed E-state index contributed by atoms with van der Waals surface area (Å²) in [5.74, 6) is 0. The monoisotopic (exact) mass is 504 g/mol. The second-order valence-electron chi connectivity index (χ2n) is 13.4. The molecule has 0 aliphatic heterocycles. The summed E-state index contributed by atoms with van der Waals surface area (Å²) in [4.78, 5) is 2.34. The summed E-state index contributed by atoms with van der Waals surface area (Å²) >= 11 is 0. The van der Waals surface area contributed by atoms with Crippen molar-refractivity contribution >= 4 is 28.4 Å². The van der Waals surface area contributed by atoms with Gasteiger partial charge >= 0.3 is 0 Å². The van der Waals surface area contributed by atoms with E-state index in [1.54, 1.807) is 0 Å². The van der Waals surface area contributed by atoms with Crippen LogP contribution in [0, 0.1) is 0 Å². The lowest BCUT2D eigenvalue weighted by molar-refractivity contribution is 0.590. The first kappa shape index (κ1) is 27.5. The Kier molecular flexibility index (Phi) is 7.48. The largest absolute Gasteiger partial charge is 0.355 e. The van der Waals surface area contributed by atoms with E-state index in [0.29, 0.717) is 0 Å². The Balaban J connectivity index is 1.71. The maximum absolute atomic E-state index is 3.61. The highest BCUT2D eigenvalue weighted by Gasteiger charge is 2.19. The Labute approximate surface area is 230 Å². The molecule has 0 bridgehead atoms. The van der Waals surface area contributed by atoms with Gasteiger partial charge in [-0.1, -0.05) is 105 Å². The quantitative estimate of drug-likeness (QED) is 0.291. The van der Waals surface area contributed by atoms with Crippen molar-refractivity contribution in [1.29, 1.82) is 0 Å². The average Bonchev–Trinajstić information content (AvgIpc) is 2.84. The summed E-state index contributed by atoms with van der Waals surface area (Å²) in [5, 5.41) is 3.61. The molecule has 4 rings (SSSR count). The zero-order valence-corrected chi connectivity index (χ0v) is 24.7. The molecule has 4 aromatic rings. The van der Waals surface area contributed by atoms with Crippen LogP contribution in [0.4, 0.5) is 28.4 Å². The fourth-order valence-electron chi connectivity index (χ4n) is 4.61. The average molecular weight is 505 g/mol. The van der Waals surface area contributed by atoms with Crippen molar-refractivity contribution in [3.63, 3.8) is 0 Å². The van der Waals surface area contributed by atoms with Crippen molar-refractivity contribution in [1.82, 2.24) is 0 Å². The molecule has 38 heavy (non-hydrogen) atoms. The van der Waals surface area contributed by atoms with E-state index in [2.05, 4.69) is 170 Å². The summed E-state index contributed by atoms with van der Waals surface area (Å²) in [7, 11) is 0. The number of hydrogen-bond acceptors (Lipinski definition) is 2.